The molecule has 0 spiro atoms. The molecule has 0 saturated heterocycles. The van der Waals surface area contributed by atoms with Crippen LogP contribution in [0.15, 0.2) is 30.3 Å². The summed E-state index contributed by atoms with van der Waals surface area (Å²) >= 11 is 0. The summed E-state index contributed by atoms with van der Waals surface area (Å²) in [7, 11) is -3.77. The third-order valence-corrected chi connectivity index (χ3v) is 5.43. The highest BCUT2D eigenvalue weighted by molar-refractivity contribution is 7.84. The summed E-state index contributed by atoms with van der Waals surface area (Å²) in [6.07, 6.45) is 2.05. The average Bonchev–Trinajstić information content (AvgIpc) is 2.57. The number of esters is 1. The van der Waals surface area contributed by atoms with E-state index < -0.39 is 15.8 Å². The molecule has 2 atom stereocenters. The molecule has 1 N–H and O–H groups in total. The Labute approximate surface area is 163 Å². The maximum Gasteiger partial charge on any atom is 0.336 e. The average molecular weight is 400 g/mol. The SMILES string of the molecule is CCC(CCOS(=O)(=O)NC(C)(C)C)CC(C)C(=O)OCc1ccccc1. The quantitative estimate of drug-likeness (QED) is 0.572. The second-order valence-electron chi connectivity index (χ2n) is 7.92. The fourth-order valence-corrected chi connectivity index (χ4v) is 3.81. The van der Waals surface area contributed by atoms with Gasteiger partial charge in [0.25, 0.3) is 0 Å². The molecule has 0 aliphatic carbocycles. The van der Waals surface area contributed by atoms with E-state index in [1.165, 1.54) is 0 Å². The minimum absolute atomic E-state index is 0.0930. The van der Waals surface area contributed by atoms with Crippen molar-refractivity contribution < 1.29 is 22.1 Å². The first kappa shape index (κ1) is 23.6. The minimum atomic E-state index is -3.77. The van der Waals surface area contributed by atoms with Gasteiger partial charge in [0.2, 0.25) is 0 Å². The lowest BCUT2D eigenvalue weighted by Crippen LogP contribution is -2.41. The summed E-state index contributed by atoms with van der Waals surface area (Å²) in [6, 6.07) is 9.55. The van der Waals surface area contributed by atoms with Crippen LogP contribution in [-0.4, -0.2) is 26.5 Å². The molecule has 1 aromatic rings. The van der Waals surface area contributed by atoms with E-state index in [0.717, 1.165) is 12.0 Å². The van der Waals surface area contributed by atoms with Crippen LogP contribution >= 0.6 is 0 Å². The van der Waals surface area contributed by atoms with Gasteiger partial charge in [0, 0.05) is 5.54 Å². The molecule has 0 fully saturated rings. The van der Waals surface area contributed by atoms with Gasteiger partial charge in [-0.05, 0) is 45.1 Å². The normalized spacial score (nSPS) is 14.6. The van der Waals surface area contributed by atoms with Gasteiger partial charge in [-0.25, -0.2) is 0 Å². The smallest absolute Gasteiger partial charge is 0.336 e. The lowest BCUT2D eigenvalue weighted by molar-refractivity contribution is -0.150. The first-order valence-corrected chi connectivity index (χ1v) is 10.8. The molecule has 0 radical (unpaired) electrons. The summed E-state index contributed by atoms with van der Waals surface area (Å²) in [5.74, 6) is -0.294. The van der Waals surface area contributed by atoms with Gasteiger partial charge in [-0.2, -0.15) is 13.1 Å². The van der Waals surface area contributed by atoms with Crippen LogP contribution in [-0.2, 0) is 30.6 Å². The summed E-state index contributed by atoms with van der Waals surface area (Å²) in [6.45, 7) is 9.49. The summed E-state index contributed by atoms with van der Waals surface area (Å²) < 4.78 is 36.6. The van der Waals surface area contributed by atoms with Gasteiger partial charge in [0.05, 0.1) is 12.5 Å². The van der Waals surface area contributed by atoms with Crippen LogP contribution < -0.4 is 4.72 Å². The van der Waals surface area contributed by atoms with E-state index in [1.54, 1.807) is 20.8 Å². The van der Waals surface area contributed by atoms with Crippen molar-refractivity contribution in [2.24, 2.45) is 11.8 Å². The molecule has 7 heteroatoms. The van der Waals surface area contributed by atoms with E-state index in [9.17, 15) is 13.2 Å². The first-order valence-electron chi connectivity index (χ1n) is 9.41. The maximum absolute atomic E-state index is 12.2. The van der Waals surface area contributed by atoms with Crippen LogP contribution in [0.3, 0.4) is 0 Å². The van der Waals surface area contributed by atoms with Crippen molar-refractivity contribution >= 4 is 16.3 Å². The molecule has 0 heterocycles. The van der Waals surface area contributed by atoms with Crippen LogP contribution in [0.2, 0.25) is 0 Å². The minimum Gasteiger partial charge on any atom is -0.461 e. The molecule has 2 unspecified atom stereocenters. The first-order chi connectivity index (χ1) is 12.5. The van der Waals surface area contributed by atoms with E-state index in [0.29, 0.717) is 12.8 Å². The molecule has 154 valence electrons. The Morgan fingerprint density at radius 3 is 2.37 bits per heavy atom. The Bertz CT molecular complexity index is 667. The number of hydrogen-bond acceptors (Lipinski definition) is 5. The van der Waals surface area contributed by atoms with Crippen molar-refractivity contribution in [3.05, 3.63) is 35.9 Å². The van der Waals surface area contributed by atoms with Gasteiger partial charge < -0.3 is 4.74 Å². The van der Waals surface area contributed by atoms with Gasteiger partial charge in [0.15, 0.2) is 0 Å². The highest BCUT2D eigenvalue weighted by Gasteiger charge is 2.22. The molecular weight excluding hydrogens is 366 g/mol. The summed E-state index contributed by atoms with van der Waals surface area (Å²) in [4.78, 5) is 12.2. The number of hydrogen-bond donors (Lipinski definition) is 1. The van der Waals surface area contributed by atoms with Gasteiger partial charge in [-0.3, -0.25) is 8.98 Å². The Hall–Kier alpha value is -1.44. The van der Waals surface area contributed by atoms with Crippen LogP contribution in [0.5, 0.6) is 0 Å². The monoisotopic (exact) mass is 399 g/mol. The van der Waals surface area contributed by atoms with Crippen molar-refractivity contribution in [1.29, 1.82) is 0 Å². The zero-order chi connectivity index (χ0) is 20.5. The molecule has 1 aromatic carbocycles. The lowest BCUT2D eigenvalue weighted by atomic mass is 9.91. The van der Waals surface area contributed by atoms with E-state index >= 15 is 0 Å². The van der Waals surface area contributed by atoms with Crippen molar-refractivity contribution in [2.45, 2.75) is 66.0 Å². The molecule has 0 bridgehead atoms. The van der Waals surface area contributed by atoms with E-state index in [1.807, 2.05) is 44.2 Å². The van der Waals surface area contributed by atoms with Gasteiger partial charge in [0.1, 0.15) is 6.61 Å². The van der Waals surface area contributed by atoms with Crippen molar-refractivity contribution in [3.63, 3.8) is 0 Å². The lowest BCUT2D eigenvalue weighted by Gasteiger charge is -2.21. The highest BCUT2D eigenvalue weighted by Crippen LogP contribution is 2.21. The van der Waals surface area contributed by atoms with E-state index in [2.05, 4.69) is 4.72 Å². The number of benzene rings is 1. The molecular formula is C20H33NO5S. The maximum atomic E-state index is 12.2. The standard InChI is InChI=1S/C20H33NO5S/c1-6-17(12-13-26-27(23,24)21-20(3,4)5)14-16(2)19(22)25-15-18-10-8-7-9-11-18/h7-11,16-17,21H,6,12-15H2,1-5H3. The van der Waals surface area contributed by atoms with Crippen molar-refractivity contribution in [2.75, 3.05) is 6.61 Å². The molecule has 6 nitrogen and oxygen atoms in total. The third-order valence-electron chi connectivity index (χ3n) is 4.09. The molecule has 0 amide bonds. The van der Waals surface area contributed by atoms with Crippen LogP contribution in [0.1, 0.15) is 59.4 Å². The Kier molecular flexibility index (Phi) is 9.42. The second kappa shape index (κ2) is 10.8. The van der Waals surface area contributed by atoms with Crippen molar-refractivity contribution in [1.82, 2.24) is 4.72 Å². The van der Waals surface area contributed by atoms with Crippen molar-refractivity contribution in [3.8, 4) is 0 Å². The number of nitrogens with one attached hydrogen (secondary N) is 1. The van der Waals surface area contributed by atoms with Gasteiger partial charge >= 0.3 is 16.3 Å². The molecule has 1 rings (SSSR count). The van der Waals surface area contributed by atoms with Gasteiger partial charge in [-0.15, -0.1) is 0 Å². The molecule has 0 aliphatic heterocycles. The molecule has 27 heavy (non-hydrogen) atoms. The topological polar surface area (TPSA) is 81.7 Å². The number of ether oxygens (including phenoxy) is 1. The summed E-state index contributed by atoms with van der Waals surface area (Å²) in [5, 5.41) is 0. The molecule has 0 aromatic heterocycles. The highest BCUT2D eigenvalue weighted by atomic mass is 32.2. The molecule has 0 saturated carbocycles. The van der Waals surface area contributed by atoms with Crippen LogP contribution in [0, 0.1) is 11.8 Å². The predicted octanol–water partition coefficient (Wildman–Crippen LogP) is 3.82. The zero-order valence-corrected chi connectivity index (χ0v) is 17.8. The molecule has 0 aliphatic rings. The van der Waals surface area contributed by atoms with Crippen LogP contribution in [0.25, 0.3) is 0 Å². The number of carbonyl (C=O) groups is 1. The van der Waals surface area contributed by atoms with Crippen LogP contribution in [0.4, 0.5) is 0 Å². The fourth-order valence-electron chi connectivity index (χ4n) is 2.68. The fraction of sp³-hybridized carbons (Fsp3) is 0.650. The Balaban J connectivity index is 2.39. The van der Waals surface area contributed by atoms with Gasteiger partial charge in [-0.1, -0.05) is 50.6 Å². The number of rotatable bonds is 11. The van der Waals surface area contributed by atoms with E-state index in [4.69, 9.17) is 8.92 Å². The largest absolute Gasteiger partial charge is 0.461 e. The summed E-state index contributed by atoms with van der Waals surface area (Å²) in [5.41, 5.74) is 0.370. The third kappa shape index (κ3) is 10.5. The Morgan fingerprint density at radius 2 is 1.81 bits per heavy atom. The Morgan fingerprint density at radius 1 is 1.19 bits per heavy atom. The number of carbonyl (C=O) groups excluding carboxylic acids is 1. The zero-order valence-electron chi connectivity index (χ0n) is 17.0. The van der Waals surface area contributed by atoms with E-state index in [-0.39, 0.29) is 31.0 Å². The second-order valence-corrected chi connectivity index (χ2v) is 9.27. The predicted molar refractivity (Wildman–Crippen MR) is 106 cm³/mol.